The number of aliphatic carboxylic acids is 1. The molecule has 0 aliphatic rings. The number of nitrogens with zero attached hydrogens (tertiary/aromatic N) is 1. The summed E-state index contributed by atoms with van der Waals surface area (Å²) in [4.78, 5) is 26.7. The van der Waals surface area contributed by atoms with E-state index in [0.29, 0.717) is 17.7 Å². The number of carbonyl (C=O) groups excluding carboxylic acids is 1. The monoisotopic (exact) mass is 311 g/mol. The third-order valence-electron chi connectivity index (χ3n) is 2.49. The van der Waals surface area contributed by atoms with Crippen LogP contribution in [0.4, 0.5) is 0 Å². The van der Waals surface area contributed by atoms with E-state index in [1.54, 1.807) is 45.0 Å². The van der Waals surface area contributed by atoms with Crippen LogP contribution in [0.2, 0.25) is 0 Å². The van der Waals surface area contributed by atoms with Crippen molar-refractivity contribution < 1.29 is 29.4 Å². The van der Waals surface area contributed by atoms with Crippen LogP contribution in [0.5, 0.6) is 5.75 Å². The zero-order valence-electron chi connectivity index (χ0n) is 12.9. The van der Waals surface area contributed by atoms with E-state index in [2.05, 4.69) is 0 Å². The topological polar surface area (TPSA) is 96.3 Å². The predicted molar refractivity (Wildman–Crippen MR) is 78.1 cm³/mol. The van der Waals surface area contributed by atoms with Crippen LogP contribution in [-0.2, 0) is 14.4 Å². The van der Waals surface area contributed by atoms with E-state index in [1.165, 1.54) is 0 Å². The van der Waals surface area contributed by atoms with Crippen LogP contribution in [0.3, 0.4) is 0 Å². The Balaban J connectivity index is 2.62. The Hall–Kier alpha value is -2.12. The van der Waals surface area contributed by atoms with Crippen molar-refractivity contribution in [3.63, 3.8) is 0 Å². The standard InChI is InChI=1S/C15H21NO6/c1-15(2,3)22-16(10-17)8-13(18)11-4-6-12(7-5-11)21-9-14(19)20/h4-7,10,13,18H,8-9H2,1-3H3,(H,19,20). The number of rotatable bonds is 8. The molecule has 0 bridgehead atoms. The Morgan fingerprint density at radius 3 is 2.36 bits per heavy atom. The zero-order chi connectivity index (χ0) is 16.8. The lowest BCUT2D eigenvalue weighted by Crippen LogP contribution is -2.35. The minimum Gasteiger partial charge on any atom is -0.482 e. The SMILES string of the molecule is CC(C)(C)ON(C=O)CC(O)c1ccc(OCC(=O)O)cc1. The molecule has 22 heavy (non-hydrogen) atoms. The number of amides is 1. The number of aliphatic hydroxyl groups is 1. The highest BCUT2D eigenvalue weighted by Gasteiger charge is 2.19. The molecule has 0 aliphatic heterocycles. The number of hydrogen-bond acceptors (Lipinski definition) is 5. The van der Waals surface area contributed by atoms with Gasteiger partial charge in [-0.05, 0) is 38.5 Å². The smallest absolute Gasteiger partial charge is 0.341 e. The van der Waals surface area contributed by atoms with Crippen molar-refractivity contribution in [1.29, 1.82) is 0 Å². The molecule has 0 heterocycles. The maximum absolute atomic E-state index is 11.0. The summed E-state index contributed by atoms with van der Waals surface area (Å²) in [5, 5.41) is 19.7. The van der Waals surface area contributed by atoms with Crippen LogP contribution in [0.25, 0.3) is 0 Å². The fourth-order valence-electron chi connectivity index (χ4n) is 1.66. The van der Waals surface area contributed by atoms with Gasteiger partial charge in [-0.2, -0.15) is 0 Å². The van der Waals surface area contributed by atoms with E-state index in [-0.39, 0.29) is 6.54 Å². The van der Waals surface area contributed by atoms with Crippen LogP contribution >= 0.6 is 0 Å². The van der Waals surface area contributed by atoms with Crippen molar-refractivity contribution in [3.05, 3.63) is 29.8 Å². The van der Waals surface area contributed by atoms with Crippen LogP contribution in [-0.4, -0.2) is 46.4 Å². The summed E-state index contributed by atoms with van der Waals surface area (Å²) in [6.07, 6.45) is -0.417. The highest BCUT2D eigenvalue weighted by molar-refractivity contribution is 5.68. The van der Waals surface area contributed by atoms with Gasteiger partial charge in [0.25, 0.3) is 0 Å². The number of ether oxygens (including phenoxy) is 1. The highest BCUT2D eigenvalue weighted by Crippen LogP contribution is 2.20. The average molecular weight is 311 g/mol. The summed E-state index contributed by atoms with van der Waals surface area (Å²) in [7, 11) is 0. The molecule has 0 saturated carbocycles. The molecule has 1 unspecified atom stereocenters. The van der Waals surface area contributed by atoms with E-state index >= 15 is 0 Å². The summed E-state index contributed by atoms with van der Waals surface area (Å²) < 4.78 is 5.00. The van der Waals surface area contributed by atoms with E-state index < -0.39 is 24.3 Å². The Labute approximate surface area is 129 Å². The molecule has 1 aromatic rings. The summed E-state index contributed by atoms with van der Waals surface area (Å²) in [5.41, 5.74) is 0.0156. The lowest BCUT2D eigenvalue weighted by Gasteiger charge is -2.28. The largest absolute Gasteiger partial charge is 0.482 e. The maximum Gasteiger partial charge on any atom is 0.341 e. The molecule has 1 amide bonds. The minimum absolute atomic E-state index is 0.0178. The molecule has 0 fully saturated rings. The van der Waals surface area contributed by atoms with Crippen molar-refractivity contribution >= 4 is 12.4 Å². The fourth-order valence-corrected chi connectivity index (χ4v) is 1.66. The second-order valence-corrected chi connectivity index (χ2v) is 5.68. The third kappa shape index (κ3) is 6.55. The molecule has 0 saturated heterocycles. The molecule has 7 nitrogen and oxygen atoms in total. The molecule has 1 rings (SSSR count). The lowest BCUT2D eigenvalue weighted by atomic mass is 10.1. The predicted octanol–water partition coefficient (Wildman–Crippen LogP) is 1.37. The second-order valence-electron chi connectivity index (χ2n) is 5.68. The quantitative estimate of drug-likeness (QED) is 0.556. The number of benzene rings is 1. The summed E-state index contributed by atoms with van der Waals surface area (Å²) in [6.45, 7) is 4.94. The van der Waals surface area contributed by atoms with Gasteiger partial charge in [0.2, 0.25) is 6.41 Å². The minimum atomic E-state index is -1.06. The first-order valence-electron chi connectivity index (χ1n) is 6.75. The molecule has 0 spiro atoms. The van der Waals surface area contributed by atoms with Gasteiger partial charge in [0.1, 0.15) is 5.75 Å². The number of hydrogen-bond donors (Lipinski definition) is 2. The molecular weight excluding hydrogens is 290 g/mol. The van der Waals surface area contributed by atoms with Gasteiger partial charge in [0, 0.05) is 0 Å². The van der Waals surface area contributed by atoms with Crippen molar-refractivity contribution in [1.82, 2.24) is 5.06 Å². The number of aliphatic hydroxyl groups excluding tert-OH is 1. The number of carboxylic acid groups (broad SMARTS) is 1. The van der Waals surface area contributed by atoms with Gasteiger partial charge in [0.05, 0.1) is 18.2 Å². The summed E-state index contributed by atoms with van der Waals surface area (Å²) in [6, 6.07) is 6.30. The van der Waals surface area contributed by atoms with Crippen molar-refractivity contribution in [2.75, 3.05) is 13.2 Å². The van der Waals surface area contributed by atoms with Gasteiger partial charge in [-0.25, -0.2) is 9.86 Å². The molecular formula is C15H21NO6. The van der Waals surface area contributed by atoms with E-state index in [1.807, 2.05) is 0 Å². The third-order valence-corrected chi connectivity index (χ3v) is 2.49. The molecule has 2 N–H and O–H groups in total. The van der Waals surface area contributed by atoms with Crippen molar-refractivity contribution in [2.24, 2.45) is 0 Å². The molecule has 0 aromatic heterocycles. The Morgan fingerprint density at radius 2 is 1.91 bits per heavy atom. The zero-order valence-corrected chi connectivity index (χ0v) is 12.9. The normalized spacial score (nSPS) is 12.5. The highest BCUT2D eigenvalue weighted by atomic mass is 16.7. The van der Waals surface area contributed by atoms with Crippen LogP contribution in [0, 0.1) is 0 Å². The first kappa shape index (κ1) is 17.9. The van der Waals surface area contributed by atoms with Gasteiger partial charge in [-0.1, -0.05) is 12.1 Å². The van der Waals surface area contributed by atoms with Gasteiger partial charge in [0.15, 0.2) is 6.61 Å². The average Bonchev–Trinajstić information content (AvgIpc) is 2.43. The number of hydroxylamine groups is 2. The molecule has 7 heteroatoms. The molecule has 0 aliphatic carbocycles. The molecule has 1 atom stereocenters. The van der Waals surface area contributed by atoms with Crippen molar-refractivity contribution in [2.45, 2.75) is 32.5 Å². The van der Waals surface area contributed by atoms with Gasteiger partial charge < -0.3 is 14.9 Å². The first-order valence-corrected chi connectivity index (χ1v) is 6.75. The Morgan fingerprint density at radius 1 is 1.32 bits per heavy atom. The van der Waals surface area contributed by atoms with Crippen molar-refractivity contribution in [3.8, 4) is 5.75 Å². The van der Waals surface area contributed by atoms with Gasteiger partial charge in [-0.3, -0.25) is 9.63 Å². The lowest BCUT2D eigenvalue weighted by molar-refractivity contribution is -0.223. The Kier molecular flexibility index (Phi) is 6.33. The maximum atomic E-state index is 11.0. The van der Waals surface area contributed by atoms with Gasteiger partial charge >= 0.3 is 5.97 Å². The summed E-state index contributed by atoms with van der Waals surface area (Å²) >= 11 is 0. The van der Waals surface area contributed by atoms with E-state index in [9.17, 15) is 14.7 Å². The van der Waals surface area contributed by atoms with Crippen LogP contribution < -0.4 is 4.74 Å². The van der Waals surface area contributed by atoms with E-state index in [0.717, 1.165) is 5.06 Å². The number of carboxylic acids is 1. The second kappa shape index (κ2) is 7.77. The van der Waals surface area contributed by atoms with Crippen LogP contribution in [0.1, 0.15) is 32.4 Å². The Bertz CT molecular complexity index is 494. The molecule has 1 aromatic carbocycles. The number of carbonyl (C=O) groups is 2. The first-order chi connectivity index (χ1) is 10.2. The van der Waals surface area contributed by atoms with E-state index in [4.69, 9.17) is 14.7 Å². The fraction of sp³-hybridized carbons (Fsp3) is 0.467. The van der Waals surface area contributed by atoms with Crippen LogP contribution in [0.15, 0.2) is 24.3 Å². The van der Waals surface area contributed by atoms with Gasteiger partial charge in [-0.15, -0.1) is 0 Å². The summed E-state index contributed by atoms with van der Waals surface area (Å²) in [5.74, 6) is -0.679. The molecule has 122 valence electrons. The molecule has 0 radical (unpaired) electrons.